The number of ketones is 1. The molecule has 2 heterocycles. The minimum Gasteiger partial charge on any atom is -0.384 e. The zero-order valence-electron chi connectivity index (χ0n) is 22.9. The van der Waals surface area contributed by atoms with Crippen LogP contribution in [0, 0.1) is 36.4 Å². The van der Waals surface area contributed by atoms with Crippen molar-refractivity contribution in [2.75, 3.05) is 4.90 Å². The normalized spacial score (nSPS) is 18.6. The number of carbonyl (C=O) groups is 1. The molecule has 1 aliphatic carbocycles. The number of aryl methyl sites for hydroxylation is 2. The number of nitrogens with zero attached hydrogens (tertiary/aromatic N) is 3. The number of allylic oxidation sites excluding steroid dienone is 3. The van der Waals surface area contributed by atoms with Crippen LogP contribution in [0.4, 0.5) is 10.1 Å². The summed E-state index contributed by atoms with van der Waals surface area (Å²) in [5, 5.41) is 10.7. The van der Waals surface area contributed by atoms with E-state index in [0.29, 0.717) is 35.4 Å². The Kier molecular flexibility index (Phi) is 7.52. The average Bonchev–Trinajstić information content (AvgIpc) is 2.89. The molecule has 2 aromatic carbocycles. The van der Waals surface area contributed by atoms with Crippen LogP contribution >= 0.6 is 23.4 Å². The largest absolute Gasteiger partial charge is 0.384 e. The lowest BCUT2D eigenvalue weighted by Gasteiger charge is -2.44. The highest BCUT2D eigenvalue weighted by atomic mass is 35.5. The third-order valence-electron chi connectivity index (χ3n) is 7.60. The average molecular weight is 573 g/mol. The van der Waals surface area contributed by atoms with Crippen molar-refractivity contribution in [3.63, 3.8) is 0 Å². The second kappa shape index (κ2) is 10.8. The minimum absolute atomic E-state index is 0.00345. The van der Waals surface area contributed by atoms with Crippen molar-refractivity contribution in [2.45, 2.75) is 57.1 Å². The van der Waals surface area contributed by atoms with Gasteiger partial charge in [-0.2, -0.15) is 5.26 Å². The van der Waals surface area contributed by atoms with Crippen LogP contribution in [-0.2, 0) is 10.5 Å². The molecule has 2 N–H and O–H groups in total. The lowest BCUT2D eigenvalue weighted by molar-refractivity contribution is -0.118. The number of pyridine rings is 1. The fourth-order valence-electron chi connectivity index (χ4n) is 5.71. The number of thioether (sulfide) groups is 1. The Morgan fingerprint density at radius 3 is 2.58 bits per heavy atom. The fraction of sp³-hybridized carbons (Fsp3) is 0.281. The Morgan fingerprint density at radius 2 is 1.90 bits per heavy atom. The lowest BCUT2D eigenvalue weighted by atomic mass is 9.68. The molecule has 1 unspecified atom stereocenters. The van der Waals surface area contributed by atoms with Gasteiger partial charge in [0.1, 0.15) is 11.6 Å². The van der Waals surface area contributed by atoms with Gasteiger partial charge in [-0.1, -0.05) is 37.6 Å². The Morgan fingerprint density at radius 1 is 1.18 bits per heavy atom. The molecular formula is C32H30ClFN4OS. The maximum absolute atomic E-state index is 13.9. The highest BCUT2D eigenvalue weighted by Crippen LogP contribution is 2.51. The molecule has 1 aliphatic heterocycles. The summed E-state index contributed by atoms with van der Waals surface area (Å²) in [7, 11) is 0. The van der Waals surface area contributed by atoms with Gasteiger partial charge in [0.25, 0.3) is 0 Å². The maximum atomic E-state index is 13.9. The number of benzene rings is 2. The summed E-state index contributed by atoms with van der Waals surface area (Å²) in [6.45, 7) is 8.19. The molecule has 0 bridgehead atoms. The summed E-state index contributed by atoms with van der Waals surface area (Å²) < 4.78 is 13.4. The predicted octanol–water partition coefficient (Wildman–Crippen LogP) is 7.72. The molecule has 40 heavy (non-hydrogen) atoms. The number of halogens is 2. The molecule has 3 aromatic rings. The van der Waals surface area contributed by atoms with Gasteiger partial charge in [-0.05, 0) is 84.3 Å². The molecule has 8 heteroatoms. The van der Waals surface area contributed by atoms with Crippen LogP contribution in [-0.4, -0.2) is 10.8 Å². The van der Waals surface area contributed by atoms with E-state index in [2.05, 4.69) is 44.0 Å². The molecule has 2 aliphatic rings. The third-order valence-corrected chi connectivity index (χ3v) is 8.96. The first kappa shape index (κ1) is 27.9. The summed E-state index contributed by atoms with van der Waals surface area (Å²) in [5.74, 6) is 0.0565. The van der Waals surface area contributed by atoms with Crippen molar-refractivity contribution in [2.24, 2.45) is 11.1 Å². The van der Waals surface area contributed by atoms with Crippen molar-refractivity contribution in [3.05, 3.63) is 111 Å². The number of aromatic nitrogens is 1. The zero-order chi connectivity index (χ0) is 28.8. The molecule has 0 spiro atoms. The Labute approximate surface area is 243 Å². The van der Waals surface area contributed by atoms with E-state index in [-0.39, 0.29) is 28.0 Å². The predicted molar refractivity (Wildman–Crippen MR) is 158 cm³/mol. The monoisotopic (exact) mass is 572 g/mol. The van der Waals surface area contributed by atoms with Gasteiger partial charge in [0.15, 0.2) is 10.9 Å². The summed E-state index contributed by atoms with van der Waals surface area (Å²) in [6.07, 6.45) is 2.55. The number of hydrogen-bond donors (Lipinski definition) is 1. The van der Waals surface area contributed by atoms with E-state index in [1.807, 2.05) is 6.92 Å². The van der Waals surface area contributed by atoms with E-state index in [1.54, 1.807) is 47.1 Å². The van der Waals surface area contributed by atoms with Gasteiger partial charge in [-0.15, -0.1) is 11.8 Å². The van der Waals surface area contributed by atoms with Gasteiger partial charge in [-0.25, -0.2) is 9.37 Å². The molecule has 1 atom stereocenters. The van der Waals surface area contributed by atoms with Crippen molar-refractivity contribution >= 4 is 34.8 Å². The molecule has 0 radical (unpaired) electrons. The van der Waals surface area contributed by atoms with Crippen LogP contribution in [0.15, 0.2) is 82.3 Å². The molecule has 1 aromatic heterocycles. The molecule has 0 saturated carbocycles. The molecule has 0 fully saturated rings. The number of carbonyl (C=O) groups excluding carboxylic acids is 1. The van der Waals surface area contributed by atoms with E-state index in [1.165, 1.54) is 12.1 Å². The fourth-order valence-corrected chi connectivity index (χ4v) is 6.88. The second-order valence-electron chi connectivity index (χ2n) is 11.2. The first-order valence-electron chi connectivity index (χ1n) is 13.1. The van der Waals surface area contributed by atoms with Crippen LogP contribution in [0.2, 0.25) is 5.15 Å². The number of Topliss-reactive ketones (excluding diaryl/α,β-unsaturated/α-hetero) is 1. The van der Waals surface area contributed by atoms with Gasteiger partial charge >= 0.3 is 0 Å². The first-order chi connectivity index (χ1) is 19.0. The van der Waals surface area contributed by atoms with Crippen LogP contribution in [0.1, 0.15) is 54.9 Å². The van der Waals surface area contributed by atoms with E-state index in [9.17, 15) is 14.4 Å². The number of nitrogens with two attached hydrogens (primary N) is 1. The van der Waals surface area contributed by atoms with Gasteiger partial charge in [-0.3, -0.25) is 9.69 Å². The van der Waals surface area contributed by atoms with Crippen molar-refractivity contribution in [3.8, 4) is 6.07 Å². The van der Waals surface area contributed by atoms with E-state index in [0.717, 1.165) is 32.8 Å². The minimum atomic E-state index is -0.592. The molecular weight excluding hydrogens is 543 g/mol. The molecule has 0 amide bonds. The van der Waals surface area contributed by atoms with E-state index >= 15 is 0 Å². The maximum Gasteiger partial charge on any atom is 0.162 e. The smallest absolute Gasteiger partial charge is 0.162 e. The number of hydrogen-bond acceptors (Lipinski definition) is 6. The van der Waals surface area contributed by atoms with Crippen LogP contribution in [0.5, 0.6) is 0 Å². The molecule has 5 rings (SSSR count). The first-order valence-corrected chi connectivity index (χ1v) is 14.4. The number of nitriles is 1. The SMILES string of the molecule is Cc1cc(C)c(C2C(C#N)=C(N)N(c3cccnc3Cl)C3=C2C(=O)CC(C)(C)C3)cc1CSc1ccc(F)cc1. The quantitative estimate of drug-likeness (QED) is 0.249. The summed E-state index contributed by atoms with van der Waals surface area (Å²) in [5.41, 5.74) is 12.8. The lowest BCUT2D eigenvalue weighted by Crippen LogP contribution is -2.42. The zero-order valence-corrected chi connectivity index (χ0v) is 24.5. The van der Waals surface area contributed by atoms with Gasteiger partial charge in [0.05, 0.1) is 23.2 Å². The number of rotatable bonds is 5. The summed E-state index contributed by atoms with van der Waals surface area (Å²) in [6, 6.07) is 16.5. The van der Waals surface area contributed by atoms with Crippen molar-refractivity contribution in [1.29, 1.82) is 5.26 Å². The Bertz CT molecular complexity index is 1620. The van der Waals surface area contributed by atoms with Gasteiger partial charge < -0.3 is 5.73 Å². The van der Waals surface area contributed by atoms with Gasteiger partial charge in [0.2, 0.25) is 0 Å². The highest BCUT2D eigenvalue weighted by molar-refractivity contribution is 7.98. The van der Waals surface area contributed by atoms with E-state index < -0.39 is 5.92 Å². The number of anilines is 1. The summed E-state index contributed by atoms with van der Waals surface area (Å²) in [4.78, 5) is 20.9. The standard InChI is InChI=1S/C32H30ClFN4OS/c1-18-12-19(2)23(13-20(18)17-40-22-9-7-21(34)8-10-22)28-24(16-35)31(36)38(25-6-5-11-37-30(25)33)26-14-32(3,4)15-27(39)29(26)28/h5-13,28H,14-15,17,36H2,1-4H3. The third kappa shape index (κ3) is 5.14. The van der Waals surface area contributed by atoms with Crippen LogP contribution in [0.3, 0.4) is 0 Å². The second-order valence-corrected chi connectivity index (χ2v) is 12.6. The van der Waals surface area contributed by atoms with Crippen LogP contribution in [0.25, 0.3) is 0 Å². The van der Waals surface area contributed by atoms with E-state index in [4.69, 9.17) is 17.3 Å². The van der Waals surface area contributed by atoms with Gasteiger partial charge in [0, 0.05) is 34.5 Å². The topological polar surface area (TPSA) is 83.0 Å². The van der Waals surface area contributed by atoms with Crippen molar-refractivity contribution < 1.29 is 9.18 Å². The Hall–Kier alpha value is -3.60. The Balaban J connectivity index is 1.67. The van der Waals surface area contributed by atoms with Crippen LogP contribution < -0.4 is 10.6 Å². The highest BCUT2D eigenvalue weighted by Gasteiger charge is 2.45. The summed E-state index contributed by atoms with van der Waals surface area (Å²) >= 11 is 8.13. The molecule has 5 nitrogen and oxygen atoms in total. The molecule has 204 valence electrons. The van der Waals surface area contributed by atoms with Crippen molar-refractivity contribution in [1.82, 2.24) is 4.98 Å². The molecule has 0 saturated heterocycles.